The number of hydrogen-bond acceptors (Lipinski definition) is 2. The third-order valence-corrected chi connectivity index (χ3v) is 3.20. The Morgan fingerprint density at radius 2 is 1.80 bits per heavy atom. The quantitative estimate of drug-likeness (QED) is 0.652. The summed E-state index contributed by atoms with van der Waals surface area (Å²) in [4.78, 5) is 4.47. The van der Waals surface area contributed by atoms with Gasteiger partial charge >= 0.3 is 0 Å². The van der Waals surface area contributed by atoms with E-state index >= 15 is 0 Å². The summed E-state index contributed by atoms with van der Waals surface area (Å²) < 4.78 is 18.6. The number of benzene rings is 2. The van der Waals surface area contributed by atoms with Crippen molar-refractivity contribution in [1.82, 2.24) is 4.98 Å². The van der Waals surface area contributed by atoms with Gasteiger partial charge in [0.1, 0.15) is 17.3 Å². The maximum absolute atomic E-state index is 12.9. The molecule has 0 saturated carbocycles. The van der Waals surface area contributed by atoms with E-state index in [0.717, 1.165) is 16.6 Å². The van der Waals surface area contributed by atoms with Gasteiger partial charge in [-0.05, 0) is 49.4 Å². The van der Waals surface area contributed by atoms with E-state index < -0.39 is 0 Å². The molecule has 1 heterocycles. The Morgan fingerprint density at radius 1 is 1.05 bits per heavy atom. The minimum atomic E-state index is -0.291. The molecular formula is C16H11ClFNO. The van der Waals surface area contributed by atoms with Crippen LogP contribution in [0.1, 0.15) is 5.69 Å². The van der Waals surface area contributed by atoms with Gasteiger partial charge in [0.05, 0.1) is 11.2 Å². The van der Waals surface area contributed by atoms with E-state index in [1.807, 2.05) is 31.2 Å². The molecule has 0 fully saturated rings. The first-order chi connectivity index (χ1) is 9.61. The lowest BCUT2D eigenvalue weighted by molar-refractivity contribution is 0.475. The zero-order chi connectivity index (χ0) is 14.1. The van der Waals surface area contributed by atoms with Crippen molar-refractivity contribution in [3.8, 4) is 11.5 Å². The molecule has 20 heavy (non-hydrogen) atoms. The summed E-state index contributed by atoms with van der Waals surface area (Å²) in [7, 11) is 0. The maximum atomic E-state index is 12.9. The summed E-state index contributed by atoms with van der Waals surface area (Å²) in [5.74, 6) is 0.927. The molecule has 4 heteroatoms. The molecule has 0 unspecified atom stereocenters. The van der Waals surface area contributed by atoms with Crippen LogP contribution in [0.15, 0.2) is 48.5 Å². The number of fused-ring (bicyclic) bond motifs is 1. The first-order valence-electron chi connectivity index (χ1n) is 6.12. The smallest absolute Gasteiger partial charge is 0.149 e. The maximum Gasteiger partial charge on any atom is 0.149 e. The largest absolute Gasteiger partial charge is 0.455 e. The number of aryl methyl sites for hydroxylation is 1. The van der Waals surface area contributed by atoms with Crippen molar-refractivity contribution in [3.63, 3.8) is 0 Å². The molecule has 0 aliphatic heterocycles. The van der Waals surface area contributed by atoms with Crippen LogP contribution in [0.25, 0.3) is 10.9 Å². The van der Waals surface area contributed by atoms with Crippen LogP contribution in [0.2, 0.25) is 5.02 Å². The fourth-order valence-electron chi connectivity index (χ4n) is 1.95. The second-order valence-electron chi connectivity index (χ2n) is 4.46. The second kappa shape index (κ2) is 5.10. The van der Waals surface area contributed by atoms with Gasteiger partial charge in [0.15, 0.2) is 0 Å². The zero-order valence-electron chi connectivity index (χ0n) is 10.7. The molecule has 0 bridgehead atoms. The van der Waals surface area contributed by atoms with Gasteiger partial charge in [0.2, 0.25) is 0 Å². The number of rotatable bonds is 2. The van der Waals surface area contributed by atoms with E-state index in [4.69, 9.17) is 16.3 Å². The number of pyridine rings is 1. The predicted molar refractivity (Wildman–Crippen MR) is 78.0 cm³/mol. The molecule has 0 N–H and O–H groups in total. The van der Waals surface area contributed by atoms with Crippen LogP contribution in [-0.2, 0) is 0 Å². The number of hydrogen-bond donors (Lipinski definition) is 0. The van der Waals surface area contributed by atoms with Gasteiger partial charge in [0, 0.05) is 10.4 Å². The molecule has 3 rings (SSSR count). The van der Waals surface area contributed by atoms with Gasteiger partial charge in [-0.1, -0.05) is 17.7 Å². The van der Waals surface area contributed by atoms with Crippen LogP contribution < -0.4 is 4.74 Å². The molecular weight excluding hydrogens is 277 g/mol. The van der Waals surface area contributed by atoms with Crippen molar-refractivity contribution in [1.29, 1.82) is 0 Å². The van der Waals surface area contributed by atoms with Crippen molar-refractivity contribution in [3.05, 3.63) is 65.1 Å². The third-order valence-electron chi connectivity index (χ3n) is 2.97. The predicted octanol–water partition coefficient (Wildman–Crippen LogP) is 5.13. The molecule has 3 aromatic rings. The Kier molecular flexibility index (Phi) is 3.28. The molecule has 0 aliphatic carbocycles. The van der Waals surface area contributed by atoms with Gasteiger partial charge in [-0.2, -0.15) is 0 Å². The van der Waals surface area contributed by atoms with Crippen LogP contribution in [0.5, 0.6) is 11.5 Å². The lowest BCUT2D eigenvalue weighted by Gasteiger charge is -2.09. The number of halogens is 2. The highest BCUT2D eigenvalue weighted by molar-refractivity contribution is 6.31. The molecule has 100 valence electrons. The summed E-state index contributed by atoms with van der Waals surface area (Å²) >= 11 is 5.95. The van der Waals surface area contributed by atoms with Crippen LogP contribution in [0, 0.1) is 12.7 Å². The van der Waals surface area contributed by atoms with Crippen LogP contribution in [0.3, 0.4) is 0 Å². The standard InChI is InChI=1S/C16H11ClFNO/c1-10-16(20-14-6-4-13(18)5-7-14)8-11-2-3-12(17)9-15(11)19-10/h2-9H,1H3. The van der Waals surface area contributed by atoms with Gasteiger partial charge in [-0.25, -0.2) is 9.37 Å². The minimum Gasteiger partial charge on any atom is -0.455 e. The van der Waals surface area contributed by atoms with Crippen LogP contribution in [0.4, 0.5) is 4.39 Å². The number of nitrogens with zero attached hydrogens (tertiary/aromatic N) is 1. The van der Waals surface area contributed by atoms with Gasteiger partial charge in [-0.15, -0.1) is 0 Å². The Balaban J connectivity index is 2.01. The van der Waals surface area contributed by atoms with E-state index in [2.05, 4.69) is 4.98 Å². The molecule has 0 aliphatic rings. The highest BCUT2D eigenvalue weighted by Crippen LogP contribution is 2.28. The number of ether oxygens (including phenoxy) is 1. The van der Waals surface area contributed by atoms with E-state index in [1.54, 1.807) is 12.1 Å². The lowest BCUT2D eigenvalue weighted by Crippen LogP contribution is -1.92. The fraction of sp³-hybridized carbons (Fsp3) is 0.0625. The summed E-state index contributed by atoms with van der Waals surface area (Å²) in [6, 6.07) is 13.3. The molecule has 2 aromatic carbocycles. The number of aromatic nitrogens is 1. The van der Waals surface area contributed by atoms with E-state index in [9.17, 15) is 4.39 Å². The molecule has 2 nitrogen and oxygen atoms in total. The van der Waals surface area contributed by atoms with E-state index in [0.29, 0.717) is 16.5 Å². The molecule has 0 atom stereocenters. The zero-order valence-corrected chi connectivity index (χ0v) is 11.5. The van der Waals surface area contributed by atoms with Crippen molar-refractivity contribution < 1.29 is 9.13 Å². The van der Waals surface area contributed by atoms with Crippen molar-refractivity contribution in [2.75, 3.05) is 0 Å². The first-order valence-corrected chi connectivity index (χ1v) is 6.50. The topological polar surface area (TPSA) is 22.1 Å². The summed E-state index contributed by atoms with van der Waals surface area (Å²) in [6.45, 7) is 1.86. The van der Waals surface area contributed by atoms with Crippen LogP contribution in [-0.4, -0.2) is 4.98 Å². The Bertz CT molecular complexity index is 771. The first kappa shape index (κ1) is 12.9. The van der Waals surface area contributed by atoms with Gasteiger partial charge in [-0.3, -0.25) is 0 Å². The minimum absolute atomic E-state index is 0.291. The van der Waals surface area contributed by atoms with Crippen molar-refractivity contribution in [2.45, 2.75) is 6.92 Å². The Hall–Kier alpha value is -2.13. The highest BCUT2D eigenvalue weighted by atomic mass is 35.5. The van der Waals surface area contributed by atoms with E-state index in [-0.39, 0.29) is 5.82 Å². The molecule has 0 spiro atoms. The third kappa shape index (κ3) is 2.58. The monoisotopic (exact) mass is 287 g/mol. The normalized spacial score (nSPS) is 10.8. The van der Waals surface area contributed by atoms with Crippen LogP contribution >= 0.6 is 11.6 Å². The molecule has 0 saturated heterocycles. The van der Waals surface area contributed by atoms with E-state index in [1.165, 1.54) is 12.1 Å². The van der Waals surface area contributed by atoms with Crippen molar-refractivity contribution >= 4 is 22.5 Å². The highest BCUT2D eigenvalue weighted by Gasteiger charge is 2.06. The fourth-order valence-corrected chi connectivity index (χ4v) is 2.12. The summed E-state index contributed by atoms with van der Waals surface area (Å²) in [5, 5.41) is 1.59. The lowest BCUT2D eigenvalue weighted by atomic mass is 10.2. The SMILES string of the molecule is Cc1nc2cc(Cl)ccc2cc1Oc1ccc(F)cc1. The average Bonchev–Trinajstić information content (AvgIpc) is 2.42. The second-order valence-corrected chi connectivity index (χ2v) is 4.90. The van der Waals surface area contributed by atoms with Crippen molar-refractivity contribution in [2.24, 2.45) is 0 Å². The Labute approximate surface area is 120 Å². The summed E-state index contributed by atoms with van der Waals surface area (Å²) in [6.07, 6.45) is 0. The molecule has 1 aromatic heterocycles. The van der Waals surface area contributed by atoms with Gasteiger partial charge in [0.25, 0.3) is 0 Å². The summed E-state index contributed by atoms with van der Waals surface area (Å²) in [5.41, 5.74) is 1.57. The molecule has 0 amide bonds. The van der Waals surface area contributed by atoms with Gasteiger partial charge < -0.3 is 4.74 Å². The average molecular weight is 288 g/mol. The molecule has 0 radical (unpaired) electrons. The Morgan fingerprint density at radius 3 is 2.55 bits per heavy atom.